The van der Waals surface area contributed by atoms with Gasteiger partial charge in [0.1, 0.15) is 11.9 Å². The van der Waals surface area contributed by atoms with Crippen LogP contribution < -0.4 is 5.32 Å². The quantitative estimate of drug-likeness (QED) is 0.565. The molecule has 3 rings (SSSR count). The first-order chi connectivity index (χ1) is 16.2. The third-order valence-electron chi connectivity index (χ3n) is 7.65. The highest BCUT2D eigenvalue weighted by atomic mass is 16.2. The van der Waals surface area contributed by atoms with E-state index in [0.29, 0.717) is 24.3 Å². The Labute approximate surface area is 206 Å². The summed E-state index contributed by atoms with van der Waals surface area (Å²) in [5, 5.41) is 3.40. The molecule has 0 aliphatic carbocycles. The standard InChI is InChI=1S/C27H47N5O2/c1-7-22-18-29-25(30(22)6)17-21-10-13-31(14-11-21)27(34)24(16-20(4)5)32-15-12-28-23(26(32)33)9-8-19(2)3/h18-21,23-24,28H,7-17H2,1-6H3/t23-,24-/m0/s1. The number of carbonyl (C=O) groups is 2. The minimum Gasteiger partial charge on any atom is -0.341 e. The number of hydrogen-bond acceptors (Lipinski definition) is 4. The van der Waals surface area contributed by atoms with E-state index in [1.807, 2.05) is 16.0 Å². The van der Waals surface area contributed by atoms with Crippen molar-refractivity contribution in [1.29, 1.82) is 0 Å². The molecule has 2 saturated heterocycles. The summed E-state index contributed by atoms with van der Waals surface area (Å²) in [4.78, 5) is 35.6. The number of aromatic nitrogens is 2. The van der Waals surface area contributed by atoms with Crippen LogP contribution in [-0.2, 0) is 29.5 Å². The van der Waals surface area contributed by atoms with Gasteiger partial charge in [-0.2, -0.15) is 0 Å². The smallest absolute Gasteiger partial charge is 0.245 e. The van der Waals surface area contributed by atoms with Crippen LogP contribution in [0.25, 0.3) is 0 Å². The lowest BCUT2D eigenvalue weighted by Crippen LogP contribution is -2.62. The van der Waals surface area contributed by atoms with Crippen LogP contribution in [0.2, 0.25) is 0 Å². The lowest BCUT2D eigenvalue weighted by molar-refractivity contribution is -0.150. The number of aryl methyl sites for hydroxylation is 1. The van der Waals surface area contributed by atoms with Crippen molar-refractivity contribution in [3.63, 3.8) is 0 Å². The number of likely N-dealkylation sites (tertiary alicyclic amines) is 1. The van der Waals surface area contributed by atoms with Crippen LogP contribution >= 0.6 is 0 Å². The number of piperazine rings is 1. The van der Waals surface area contributed by atoms with E-state index in [0.717, 1.165) is 70.4 Å². The topological polar surface area (TPSA) is 70.5 Å². The van der Waals surface area contributed by atoms with Crippen LogP contribution in [0.3, 0.4) is 0 Å². The first-order valence-corrected chi connectivity index (χ1v) is 13.5. The van der Waals surface area contributed by atoms with E-state index < -0.39 is 0 Å². The fourth-order valence-electron chi connectivity index (χ4n) is 5.43. The lowest BCUT2D eigenvalue weighted by Gasteiger charge is -2.42. The normalized spacial score (nSPS) is 21.1. The zero-order valence-electron chi connectivity index (χ0n) is 22.3. The summed E-state index contributed by atoms with van der Waals surface area (Å²) >= 11 is 0. The molecule has 2 aliphatic heterocycles. The summed E-state index contributed by atoms with van der Waals surface area (Å²) in [5.74, 6) is 2.90. The van der Waals surface area contributed by atoms with Crippen molar-refractivity contribution in [2.24, 2.45) is 24.8 Å². The SMILES string of the molecule is CCc1cnc(CC2CCN(C(=O)[C@H](CC(C)C)N3CCN[C@@H](CCC(C)C)C3=O)CC2)n1C. The molecule has 2 atom stereocenters. The van der Waals surface area contributed by atoms with Crippen molar-refractivity contribution in [3.05, 3.63) is 17.7 Å². The number of hydrogen-bond donors (Lipinski definition) is 1. The Morgan fingerprint density at radius 2 is 1.85 bits per heavy atom. The van der Waals surface area contributed by atoms with Crippen molar-refractivity contribution < 1.29 is 9.59 Å². The molecule has 1 aromatic heterocycles. The van der Waals surface area contributed by atoms with Gasteiger partial charge < -0.3 is 19.7 Å². The number of rotatable bonds is 10. The number of imidazole rings is 1. The number of piperidine rings is 1. The first kappa shape index (κ1) is 26.7. The minimum absolute atomic E-state index is 0.113. The van der Waals surface area contributed by atoms with Crippen molar-refractivity contribution in [2.45, 2.75) is 91.6 Å². The van der Waals surface area contributed by atoms with Gasteiger partial charge in [-0.25, -0.2) is 4.98 Å². The minimum atomic E-state index is -0.339. The van der Waals surface area contributed by atoms with E-state index in [1.165, 1.54) is 5.69 Å². The average Bonchev–Trinajstić information content (AvgIpc) is 3.16. The highest BCUT2D eigenvalue weighted by molar-refractivity contribution is 5.90. The second-order valence-electron chi connectivity index (χ2n) is 11.2. The summed E-state index contributed by atoms with van der Waals surface area (Å²) in [7, 11) is 2.11. The molecule has 0 spiro atoms. The van der Waals surface area contributed by atoms with Crippen LogP contribution in [0.1, 0.15) is 78.2 Å². The number of nitrogens with one attached hydrogen (secondary N) is 1. The molecule has 0 aromatic carbocycles. The maximum absolute atomic E-state index is 13.7. The molecular weight excluding hydrogens is 426 g/mol. The highest BCUT2D eigenvalue weighted by Gasteiger charge is 2.39. The van der Waals surface area contributed by atoms with Crippen LogP contribution in [0.4, 0.5) is 0 Å². The Hall–Kier alpha value is -1.89. The monoisotopic (exact) mass is 473 g/mol. The van der Waals surface area contributed by atoms with Gasteiger partial charge in [0.05, 0.1) is 6.04 Å². The maximum Gasteiger partial charge on any atom is 0.245 e. The van der Waals surface area contributed by atoms with E-state index >= 15 is 0 Å². The zero-order valence-corrected chi connectivity index (χ0v) is 22.3. The lowest BCUT2D eigenvalue weighted by atomic mass is 9.91. The number of nitrogens with zero attached hydrogens (tertiary/aromatic N) is 4. The second-order valence-corrected chi connectivity index (χ2v) is 11.2. The van der Waals surface area contributed by atoms with Crippen LogP contribution in [0, 0.1) is 17.8 Å². The van der Waals surface area contributed by atoms with Gasteiger partial charge in [-0.15, -0.1) is 0 Å². The van der Waals surface area contributed by atoms with Crippen molar-refractivity contribution in [3.8, 4) is 0 Å². The first-order valence-electron chi connectivity index (χ1n) is 13.5. The molecular formula is C27H47N5O2. The second kappa shape index (κ2) is 12.2. The van der Waals surface area contributed by atoms with E-state index in [1.54, 1.807) is 0 Å². The fourth-order valence-corrected chi connectivity index (χ4v) is 5.43. The van der Waals surface area contributed by atoms with Gasteiger partial charge in [-0.3, -0.25) is 9.59 Å². The molecule has 0 saturated carbocycles. The highest BCUT2D eigenvalue weighted by Crippen LogP contribution is 2.25. The molecule has 192 valence electrons. The van der Waals surface area contributed by atoms with Crippen molar-refractivity contribution >= 4 is 11.8 Å². The van der Waals surface area contributed by atoms with Gasteiger partial charge in [0.2, 0.25) is 11.8 Å². The molecule has 2 aliphatic rings. The van der Waals surface area contributed by atoms with E-state index in [2.05, 4.69) is 56.5 Å². The number of amides is 2. The summed E-state index contributed by atoms with van der Waals surface area (Å²) in [6.45, 7) is 13.8. The maximum atomic E-state index is 13.7. The van der Waals surface area contributed by atoms with Gasteiger partial charge in [0.15, 0.2) is 0 Å². The molecule has 0 unspecified atom stereocenters. The molecule has 3 heterocycles. The van der Waals surface area contributed by atoms with E-state index in [4.69, 9.17) is 0 Å². The van der Waals surface area contributed by atoms with Gasteiger partial charge in [0, 0.05) is 51.5 Å². The Kier molecular flexibility index (Phi) is 9.57. The van der Waals surface area contributed by atoms with E-state index in [9.17, 15) is 9.59 Å². The van der Waals surface area contributed by atoms with Crippen LogP contribution in [-0.4, -0.2) is 69.4 Å². The molecule has 2 fully saturated rings. The van der Waals surface area contributed by atoms with Crippen molar-refractivity contribution in [2.75, 3.05) is 26.2 Å². The third-order valence-corrected chi connectivity index (χ3v) is 7.65. The predicted octanol–water partition coefficient (Wildman–Crippen LogP) is 3.41. The molecule has 34 heavy (non-hydrogen) atoms. The molecule has 0 radical (unpaired) electrons. The Balaban J connectivity index is 1.61. The van der Waals surface area contributed by atoms with E-state index in [-0.39, 0.29) is 23.9 Å². The van der Waals surface area contributed by atoms with Gasteiger partial charge in [0.25, 0.3) is 0 Å². The molecule has 2 amide bonds. The summed E-state index contributed by atoms with van der Waals surface area (Å²) in [6, 6.07) is -0.496. The summed E-state index contributed by atoms with van der Waals surface area (Å²) < 4.78 is 2.22. The largest absolute Gasteiger partial charge is 0.341 e. The molecule has 7 heteroatoms. The van der Waals surface area contributed by atoms with Gasteiger partial charge in [-0.1, -0.05) is 34.6 Å². The molecule has 7 nitrogen and oxygen atoms in total. The molecule has 0 bridgehead atoms. The fraction of sp³-hybridized carbons (Fsp3) is 0.815. The van der Waals surface area contributed by atoms with Gasteiger partial charge >= 0.3 is 0 Å². The Morgan fingerprint density at radius 3 is 2.44 bits per heavy atom. The Morgan fingerprint density at radius 1 is 1.15 bits per heavy atom. The molecule has 1 aromatic rings. The predicted molar refractivity (Wildman–Crippen MR) is 136 cm³/mol. The Bertz CT molecular complexity index is 810. The van der Waals surface area contributed by atoms with Gasteiger partial charge in [-0.05, 0) is 56.3 Å². The summed E-state index contributed by atoms with van der Waals surface area (Å²) in [6.07, 6.45) is 8.55. The zero-order chi connectivity index (χ0) is 24.8. The summed E-state index contributed by atoms with van der Waals surface area (Å²) in [5.41, 5.74) is 1.27. The molecule has 1 N–H and O–H groups in total. The van der Waals surface area contributed by atoms with Crippen LogP contribution in [0.5, 0.6) is 0 Å². The van der Waals surface area contributed by atoms with Crippen LogP contribution in [0.15, 0.2) is 6.20 Å². The van der Waals surface area contributed by atoms with Crippen molar-refractivity contribution in [1.82, 2.24) is 24.7 Å². The third kappa shape index (κ3) is 6.61. The number of carbonyl (C=O) groups excluding carboxylic acids is 2. The average molecular weight is 474 g/mol.